The zero-order valence-electron chi connectivity index (χ0n) is 10.5. The summed E-state index contributed by atoms with van der Waals surface area (Å²) >= 11 is 0. The topological polar surface area (TPSA) is 32.3 Å². The van der Waals surface area contributed by atoms with E-state index in [0.29, 0.717) is 13.1 Å². The molecular formula is C13H19FN2O. The first-order chi connectivity index (χ1) is 8.04. The molecule has 0 aromatic heterocycles. The first-order valence-corrected chi connectivity index (χ1v) is 5.83. The third-order valence-corrected chi connectivity index (χ3v) is 2.58. The highest BCUT2D eigenvalue weighted by atomic mass is 19.1. The van der Waals surface area contributed by atoms with Crippen molar-refractivity contribution in [3.63, 3.8) is 0 Å². The molecule has 0 bridgehead atoms. The van der Waals surface area contributed by atoms with Gasteiger partial charge in [0.05, 0.1) is 0 Å². The summed E-state index contributed by atoms with van der Waals surface area (Å²) in [4.78, 5) is 13.5. The van der Waals surface area contributed by atoms with Crippen LogP contribution < -0.4 is 5.32 Å². The van der Waals surface area contributed by atoms with Gasteiger partial charge in [0.2, 0.25) is 0 Å². The standard InChI is InChI=1S/C13H19FN2O/c1-4-16(10(2)3)13(17)15-9-11-5-7-12(14)8-6-11/h5-8,10H,4,9H2,1-3H3,(H,15,17). The molecule has 1 rings (SSSR count). The SMILES string of the molecule is CCN(C(=O)NCc1ccc(F)cc1)C(C)C. The fraction of sp³-hybridized carbons (Fsp3) is 0.462. The fourth-order valence-corrected chi connectivity index (χ4v) is 1.62. The van der Waals surface area contributed by atoms with Gasteiger partial charge in [-0.3, -0.25) is 0 Å². The van der Waals surface area contributed by atoms with E-state index in [4.69, 9.17) is 0 Å². The molecule has 0 radical (unpaired) electrons. The van der Waals surface area contributed by atoms with Gasteiger partial charge >= 0.3 is 6.03 Å². The maximum absolute atomic E-state index is 12.7. The molecule has 1 aromatic rings. The van der Waals surface area contributed by atoms with Crippen LogP contribution in [0, 0.1) is 5.82 Å². The molecule has 0 unspecified atom stereocenters. The summed E-state index contributed by atoms with van der Waals surface area (Å²) in [5.41, 5.74) is 0.888. The van der Waals surface area contributed by atoms with Crippen LogP contribution in [0.1, 0.15) is 26.3 Å². The highest BCUT2D eigenvalue weighted by molar-refractivity contribution is 5.74. The summed E-state index contributed by atoms with van der Waals surface area (Å²) in [6.45, 7) is 6.98. The Bertz CT molecular complexity index is 362. The first kappa shape index (κ1) is 13.5. The summed E-state index contributed by atoms with van der Waals surface area (Å²) in [6.07, 6.45) is 0. The minimum atomic E-state index is -0.266. The lowest BCUT2D eigenvalue weighted by molar-refractivity contribution is 0.186. The molecule has 2 amide bonds. The van der Waals surface area contributed by atoms with Gasteiger partial charge < -0.3 is 10.2 Å². The van der Waals surface area contributed by atoms with Crippen LogP contribution in [0.4, 0.5) is 9.18 Å². The van der Waals surface area contributed by atoms with Crippen LogP contribution in [0.15, 0.2) is 24.3 Å². The number of nitrogens with one attached hydrogen (secondary N) is 1. The summed E-state index contributed by atoms with van der Waals surface area (Å²) in [6, 6.07) is 6.20. The Labute approximate surface area is 102 Å². The van der Waals surface area contributed by atoms with Crippen molar-refractivity contribution in [3.8, 4) is 0 Å². The molecule has 17 heavy (non-hydrogen) atoms. The molecule has 0 saturated heterocycles. The van der Waals surface area contributed by atoms with Gasteiger partial charge in [-0.1, -0.05) is 12.1 Å². The molecule has 0 fully saturated rings. The Morgan fingerprint density at radius 1 is 1.35 bits per heavy atom. The largest absolute Gasteiger partial charge is 0.334 e. The molecule has 0 aliphatic heterocycles. The van der Waals surface area contributed by atoms with Crippen LogP contribution in [0.5, 0.6) is 0 Å². The summed E-state index contributed by atoms with van der Waals surface area (Å²) in [5, 5.41) is 2.82. The van der Waals surface area contributed by atoms with E-state index in [0.717, 1.165) is 5.56 Å². The minimum absolute atomic E-state index is 0.0909. The Hall–Kier alpha value is -1.58. The smallest absolute Gasteiger partial charge is 0.317 e. The minimum Gasteiger partial charge on any atom is -0.334 e. The van der Waals surface area contributed by atoms with Crippen molar-refractivity contribution in [1.29, 1.82) is 0 Å². The molecular weight excluding hydrogens is 219 g/mol. The molecule has 3 nitrogen and oxygen atoms in total. The van der Waals surface area contributed by atoms with Crippen molar-refractivity contribution in [1.82, 2.24) is 10.2 Å². The normalized spacial score (nSPS) is 10.4. The van der Waals surface area contributed by atoms with E-state index in [1.165, 1.54) is 12.1 Å². The van der Waals surface area contributed by atoms with Gasteiger partial charge in [0.1, 0.15) is 5.82 Å². The predicted molar refractivity (Wildman–Crippen MR) is 66.2 cm³/mol. The average molecular weight is 238 g/mol. The van der Waals surface area contributed by atoms with Crippen molar-refractivity contribution in [2.75, 3.05) is 6.54 Å². The highest BCUT2D eigenvalue weighted by Crippen LogP contribution is 2.03. The number of urea groups is 1. The molecule has 0 heterocycles. The maximum atomic E-state index is 12.7. The van der Waals surface area contributed by atoms with Gasteiger partial charge in [0.15, 0.2) is 0 Å². The molecule has 0 aliphatic carbocycles. The molecule has 1 N–H and O–H groups in total. The Kier molecular flexibility index (Phi) is 4.94. The lowest BCUT2D eigenvalue weighted by Crippen LogP contribution is -2.43. The third kappa shape index (κ3) is 4.06. The van der Waals surface area contributed by atoms with Crippen molar-refractivity contribution < 1.29 is 9.18 Å². The Morgan fingerprint density at radius 2 is 1.94 bits per heavy atom. The van der Waals surface area contributed by atoms with E-state index in [2.05, 4.69) is 5.32 Å². The van der Waals surface area contributed by atoms with E-state index in [9.17, 15) is 9.18 Å². The second-order valence-electron chi connectivity index (χ2n) is 4.16. The van der Waals surface area contributed by atoms with E-state index in [-0.39, 0.29) is 17.9 Å². The summed E-state index contributed by atoms with van der Waals surface area (Å²) in [7, 11) is 0. The van der Waals surface area contributed by atoms with E-state index in [1.54, 1.807) is 17.0 Å². The number of carbonyl (C=O) groups excluding carboxylic acids is 1. The molecule has 0 atom stereocenters. The quantitative estimate of drug-likeness (QED) is 0.859. The highest BCUT2D eigenvalue weighted by Gasteiger charge is 2.13. The Morgan fingerprint density at radius 3 is 2.41 bits per heavy atom. The number of hydrogen-bond donors (Lipinski definition) is 1. The van der Waals surface area contributed by atoms with Gasteiger partial charge in [0.25, 0.3) is 0 Å². The number of halogens is 1. The number of rotatable bonds is 4. The second-order valence-corrected chi connectivity index (χ2v) is 4.16. The number of benzene rings is 1. The third-order valence-electron chi connectivity index (χ3n) is 2.58. The summed E-state index contributed by atoms with van der Waals surface area (Å²) < 4.78 is 12.7. The van der Waals surface area contributed by atoms with Gasteiger partial charge in [-0.15, -0.1) is 0 Å². The molecule has 0 saturated carbocycles. The van der Waals surface area contributed by atoms with Crippen LogP contribution >= 0.6 is 0 Å². The zero-order valence-corrected chi connectivity index (χ0v) is 10.5. The van der Waals surface area contributed by atoms with E-state index < -0.39 is 0 Å². The van der Waals surface area contributed by atoms with Crippen LogP contribution in [-0.2, 0) is 6.54 Å². The average Bonchev–Trinajstić information content (AvgIpc) is 2.28. The van der Waals surface area contributed by atoms with Gasteiger partial charge in [-0.05, 0) is 38.5 Å². The predicted octanol–water partition coefficient (Wildman–Crippen LogP) is 2.77. The van der Waals surface area contributed by atoms with Crippen LogP contribution in [-0.4, -0.2) is 23.5 Å². The van der Waals surface area contributed by atoms with Gasteiger partial charge in [-0.25, -0.2) is 9.18 Å². The van der Waals surface area contributed by atoms with Gasteiger partial charge in [0, 0.05) is 19.1 Å². The number of nitrogens with zero attached hydrogens (tertiary/aromatic N) is 1. The lowest BCUT2D eigenvalue weighted by Gasteiger charge is -2.25. The van der Waals surface area contributed by atoms with Crippen molar-refractivity contribution in [2.24, 2.45) is 0 Å². The monoisotopic (exact) mass is 238 g/mol. The van der Waals surface area contributed by atoms with Crippen molar-refractivity contribution >= 4 is 6.03 Å². The number of hydrogen-bond acceptors (Lipinski definition) is 1. The van der Waals surface area contributed by atoms with E-state index in [1.807, 2.05) is 20.8 Å². The van der Waals surface area contributed by atoms with E-state index >= 15 is 0 Å². The molecule has 94 valence electrons. The van der Waals surface area contributed by atoms with Crippen LogP contribution in [0.3, 0.4) is 0 Å². The molecule has 4 heteroatoms. The van der Waals surface area contributed by atoms with Gasteiger partial charge in [-0.2, -0.15) is 0 Å². The van der Waals surface area contributed by atoms with Crippen molar-refractivity contribution in [2.45, 2.75) is 33.4 Å². The second kappa shape index (κ2) is 6.23. The summed E-state index contributed by atoms with van der Waals surface area (Å²) in [5.74, 6) is -0.266. The first-order valence-electron chi connectivity index (χ1n) is 5.83. The molecule has 0 aliphatic rings. The number of amides is 2. The maximum Gasteiger partial charge on any atom is 0.317 e. The molecule has 0 spiro atoms. The lowest BCUT2D eigenvalue weighted by atomic mass is 10.2. The number of carbonyl (C=O) groups is 1. The van der Waals surface area contributed by atoms with Crippen LogP contribution in [0.25, 0.3) is 0 Å². The van der Waals surface area contributed by atoms with Crippen LogP contribution in [0.2, 0.25) is 0 Å². The Balaban J connectivity index is 2.50. The zero-order chi connectivity index (χ0) is 12.8. The van der Waals surface area contributed by atoms with Crippen molar-refractivity contribution in [3.05, 3.63) is 35.6 Å². The fourth-order valence-electron chi connectivity index (χ4n) is 1.62. The molecule has 1 aromatic carbocycles.